The lowest BCUT2D eigenvalue weighted by Gasteiger charge is -2.36. The van der Waals surface area contributed by atoms with Gasteiger partial charge >= 0.3 is 18.1 Å². The summed E-state index contributed by atoms with van der Waals surface area (Å²) >= 11 is 5.79. The molecular weight excluding hydrogens is 263 g/mol. The van der Waals surface area contributed by atoms with E-state index in [1.807, 2.05) is 0 Å². The number of aliphatic carboxylic acids is 1. The summed E-state index contributed by atoms with van der Waals surface area (Å²) in [5, 5.41) is 10.6. The highest BCUT2D eigenvalue weighted by Crippen LogP contribution is 2.35. The smallest absolute Gasteiger partial charge is 0.471 e. The largest absolute Gasteiger partial charge is 0.480 e. The minimum atomic E-state index is -5.03. The van der Waals surface area contributed by atoms with Crippen molar-refractivity contribution in [2.24, 2.45) is 0 Å². The van der Waals surface area contributed by atoms with E-state index in [4.69, 9.17) is 16.7 Å². The average Bonchev–Trinajstić information content (AvgIpc) is 2.19. The standard InChI is InChI=1S/C9H11ClF3NO3/c10-8(7(16)17)4-2-1-3-5(8)14-6(15)9(11,12)13/h5H,1-4H2,(H,14,15)(H,16,17). The van der Waals surface area contributed by atoms with Crippen LogP contribution in [0.3, 0.4) is 0 Å². The minimum absolute atomic E-state index is 0.0344. The summed E-state index contributed by atoms with van der Waals surface area (Å²) in [7, 11) is 0. The van der Waals surface area contributed by atoms with Gasteiger partial charge in [-0.2, -0.15) is 13.2 Å². The molecule has 2 N–H and O–H groups in total. The van der Waals surface area contributed by atoms with Crippen LogP contribution in [-0.2, 0) is 9.59 Å². The Morgan fingerprint density at radius 1 is 1.35 bits per heavy atom. The van der Waals surface area contributed by atoms with Crippen LogP contribution in [-0.4, -0.2) is 34.1 Å². The van der Waals surface area contributed by atoms with Crippen molar-refractivity contribution < 1.29 is 27.9 Å². The van der Waals surface area contributed by atoms with Crippen LogP contribution in [0.25, 0.3) is 0 Å². The highest BCUT2D eigenvalue weighted by molar-refractivity contribution is 6.34. The lowest BCUT2D eigenvalue weighted by Crippen LogP contribution is -2.57. The Labute approximate surface area is 100 Å². The van der Waals surface area contributed by atoms with Gasteiger partial charge < -0.3 is 10.4 Å². The van der Waals surface area contributed by atoms with Gasteiger partial charge in [0, 0.05) is 0 Å². The molecule has 1 aliphatic carbocycles. The van der Waals surface area contributed by atoms with Crippen molar-refractivity contribution in [2.45, 2.75) is 42.8 Å². The van der Waals surface area contributed by atoms with Crippen LogP contribution in [0.1, 0.15) is 25.7 Å². The van der Waals surface area contributed by atoms with Gasteiger partial charge in [0.2, 0.25) is 0 Å². The van der Waals surface area contributed by atoms with Gasteiger partial charge in [-0.05, 0) is 12.8 Å². The number of carboxylic acids is 1. The lowest BCUT2D eigenvalue weighted by atomic mass is 9.83. The summed E-state index contributed by atoms with van der Waals surface area (Å²) in [5.41, 5.74) is 0. The van der Waals surface area contributed by atoms with E-state index < -0.39 is 29.0 Å². The predicted molar refractivity (Wildman–Crippen MR) is 52.7 cm³/mol. The Hall–Kier alpha value is -0.980. The van der Waals surface area contributed by atoms with Gasteiger partial charge in [0.05, 0.1) is 6.04 Å². The molecule has 1 amide bonds. The topological polar surface area (TPSA) is 66.4 Å². The Morgan fingerprint density at radius 2 is 1.94 bits per heavy atom. The van der Waals surface area contributed by atoms with E-state index in [2.05, 4.69) is 0 Å². The van der Waals surface area contributed by atoms with Gasteiger partial charge in [0.25, 0.3) is 0 Å². The maximum atomic E-state index is 12.1. The SMILES string of the molecule is O=C(NC1CCCCC1(Cl)C(=O)O)C(F)(F)F. The number of hydrogen-bond donors (Lipinski definition) is 2. The number of nitrogens with one attached hydrogen (secondary N) is 1. The molecule has 0 spiro atoms. The first kappa shape index (κ1) is 14.1. The zero-order chi connectivity index (χ0) is 13.3. The third-order valence-corrected chi connectivity index (χ3v) is 3.37. The van der Waals surface area contributed by atoms with Crippen LogP contribution in [0.2, 0.25) is 0 Å². The zero-order valence-electron chi connectivity index (χ0n) is 8.68. The molecule has 17 heavy (non-hydrogen) atoms. The number of rotatable bonds is 2. The van der Waals surface area contributed by atoms with Crippen molar-refractivity contribution in [1.29, 1.82) is 0 Å². The second-order valence-corrected chi connectivity index (χ2v) is 4.61. The summed E-state index contributed by atoms with van der Waals surface area (Å²) < 4.78 is 36.2. The molecule has 2 unspecified atom stereocenters. The number of carbonyl (C=O) groups is 2. The van der Waals surface area contributed by atoms with Crippen LogP contribution in [0.5, 0.6) is 0 Å². The molecule has 98 valence electrons. The molecule has 0 bridgehead atoms. The number of carbonyl (C=O) groups excluding carboxylic acids is 1. The monoisotopic (exact) mass is 273 g/mol. The molecular formula is C9H11ClF3NO3. The summed E-state index contributed by atoms with van der Waals surface area (Å²) in [6.07, 6.45) is -3.84. The average molecular weight is 274 g/mol. The molecule has 4 nitrogen and oxygen atoms in total. The van der Waals surface area contributed by atoms with Crippen molar-refractivity contribution in [2.75, 3.05) is 0 Å². The van der Waals surface area contributed by atoms with Gasteiger partial charge in [0.1, 0.15) is 0 Å². The quantitative estimate of drug-likeness (QED) is 0.752. The number of hydrogen-bond acceptors (Lipinski definition) is 2. The highest BCUT2D eigenvalue weighted by atomic mass is 35.5. The van der Waals surface area contributed by atoms with Crippen LogP contribution in [0.15, 0.2) is 0 Å². The van der Waals surface area contributed by atoms with Crippen LogP contribution in [0, 0.1) is 0 Å². The molecule has 1 saturated carbocycles. The number of alkyl halides is 4. The third-order valence-electron chi connectivity index (χ3n) is 2.75. The van der Waals surface area contributed by atoms with Gasteiger partial charge in [-0.15, -0.1) is 11.6 Å². The predicted octanol–water partition coefficient (Wildman–Crippen LogP) is 1.67. The van der Waals surface area contributed by atoms with E-state index in [0.717, 1.165) is 0 Å². The third kappa shape index (κ3) is 3.02. The number of carboxylic acid groups (broad SMARTS) is 1. The fourth-order valence-corrected chi connectivity index (χ4v) is 2.11. The van der Waals surface area contributed by atoms with Crippen molar-refractivity contribution in [3.8, 4) is 0 Å². The summed E-state index contributed by atoms with van der Waals surface area (Å²) in [6, 6.07) is -1.20. The van der Waals surface area contributed by atoms with E-state index in [-0.39, 0.29) is 12.8 Å². The summed E-state index contributed by atoms with van der Waals surface area (Å²) in [5.74, 6) is -3.57. The molecule has 0 aromatic carbocycles. The fourth-order valence-electron chi connectivity index (χ4n) is 1.82. The zero-order valence-corrected chi connectivity index (χ0v) is 9.44. The first-order chi connectivity index (χ1) is 7.68. The molecule has 0 heterocycles. The second-order valence-electron chi connectivity index (χ2n) is 3.94. The van der Waals surface area contributed by atoms with Gasteiger partial charge in [0.15, 0.2) is 4.87 Å². The summed E-state index contributed by atoms with van der Waals surface area (Å²) in [4.78, 5) is 19.9. The molecule has 0 aromatic rings. The molecule has 8 heteroatoms. The Bertz CT molecular complexity index is 334. The maximum Gasteiger partial charge on any atom is 0.471 e. The normalized spacial score (nSPS) is 29.8. The molecule has 1 fully saturated rings. The van der Waals surface area contributed by atoms with Crippen molar-refractivity contribution in [3.63, 3.8) is 0 Å². The maximum absolute atomic E-state index is 12.1. The van der Waals surface area contributed by atoms with E-state index >= 15 is 0 Å². The van der Waals surface area contributed by atoms with Gasteiger partial charge in [-0.25, -0.2) is 0 Å². The van der Waals surface area contributed by atoms with Crippen molar-refractivity contribution >= 4 is 23.5 Å². The Morgan fingerprint density at radius 3 is 2.41 bits per heavy atom. The molecule has 2 atom stereocenters. The molecule has 0 saturated heterocycles. The van der Waals surface area contributed by atoms with Crippen LogP contribution >= 0.6 is 11.6 Å². The Kier molecular flexibility index (Phi) is 3.91. The van der Waals surface area contributed by atoms with Crippen LogP contribution < -0.4 is 5.32 Å². The van der Waals surface area contributed by atoms with E-state index in [1.54, 1.807) is 5.32 Å². The molecule has 0 radical (unpaired) electrons. The lowest BCUT2D eigenvalue weighted by molar-refractivity contribution is -0.175. The first-order valence-corrected chi connectivity index (χ1v) is 5.35. The summed E-state index contributed by atoms with van der Waals surface area (Å²) in [6.45, 7) is 0. The molecule has 1 aliphatic rings. The van der Waals surface area contributed by atoms with Crippen molar-refractivity contribution in [1.82, 2.24) is 5.32 Å². The number of halogens is 4. The van der Waals surface area contributed by atoms with E-state index in [1.165, 1.54) is 0 Å². The number of amides is 1. The van der Waals surface area contributed by atoms with Crippen molar-refractivity contribution in [3.05, 3.63) is 0 Å². The minimum Gasteiger partial charge on any atom is -0.480 e. The fraction of sp³-hybridized carbons (Fsp3) is 0.778. The molecule has 0 aliphatic heterocycles. The van der Waals surface area contributed by atoms with Gasteiger partial charge in [-0.1, -0.05) is 12.8 Å². The molecule has 0 aromatic heterocycles. The highest BCUT2D eigenvalue weighted by Gasteiger charge is 2.49. The first-order valence-electron chi connectivity index (χ1n) is 4.98. The van der Waals surface area contributed by atoms with E-state index in [0.29, 0.717) is 12.8 Å². The van der Waals surface area contributed by atoms with Gasteiger partial charge in [-0.3, -0.25) is 9.59 Å². The molecule has 1 rings (SSSR count). The Balaban J connectivity index is 2.80. The van der Waals surface area contributed by atoms with Crippen LogP contribution in [0.4, 0.5) is 13.2 Å². The van der Waals surface area contributed by atoms with E-state index in [9.17, 15) is 22.8 Å². The second kappa shape index (κ2) is 4.72.